The van der Waals surface area contributed by atoms with Crippen molar-refractivity contribution in [2.24, 2.45) is 5.41 Å². The highest BCUT2D eigenvalue weighted by Gasteiger charge is 2.20. The number of nitrogens with one attached hydrogen (secondary N) is 2. The Morgan fingerprint density at radius 3 is 2.52 bits per heavy atom. The second-order valence-corrected chi connectivity index (χ2v) is 6.56. The highest BCUT2D eigenvalue weighted by atomic mass is 79.9. The third-order valence-corrected chi connectivity index (χ3v) is 3.25. The minimum Gasteiger partial charge on any atom is -0.495 e. The van der Waals surface area contributed by atoms with Gasteiger partial charge in [0.15, 0.2) is 0 Å². The van der Waals surface area contributed by atoms with Gasteiger partial charge in [0, 0.05) is 22.9 Å². The molecule has 0 bridgehead atoms. The molecule has 1 aromatic carbocycles. The summed E-state index contributed by atoms with van der Waals surface area (Å²) < 4.78 is 6.03. The Hall–Kier alpha value is -1.56. The second kappa shape index (κ2) is 7.45. The number of benzene rings is 1. The van der Waals surface area contributed by atoms with Crippen molar-refractivity contribution in [1.29, 1.82) is 0 Å². The Bertz CT molecular complexity index is 524. The van der Waals surface area contributed by atoms with Crippen LogP contribution in [0.1, 0.15) is 27.2 Å². The van der Waals surface area contributed by atoms with E-state index in [1.165, 1.54) is 0 Å². The van der Waals surface area contributed by atoms with E-state index in [0.717, 1.165) is 4.47 Å². The number of rotatable bonds is 5. The van der Waals surface area contributed by atoms with E-state index in [1.807, 2.05) is 26.8 Å². The summed E-state index contributed by atoms with van der Waals surface area (Å²) in [7, 11) is 1.54. The Morgan fingerprint density at radius 1 is 1.29 bits per heavy atom. The molecule has 0 unspecified atom stereocenters. The second-order valence-electron chi connectivity index (χ2n) is 5.65. The molecule has 5 nitrogen and oxygen atoms in total. The summed E-state index contributed by atoms with van der Waals surface area (Å²) in [5.41, 5.74) is 0.142. The molecule has 2 N–H and O–H groups in total. The number of methoxy groups -OCH3 is 1. The fraction of sp³-hybridized carbons (Fsp3) is 0.467. The first-order valence-electron chi connectivity index (χ1n) is 6.65. The SMILES string of the molecule is COc1ccc(Br)cc1NC(=O)CCNC(=O)C(C)(C)C. The molecular formula is C15H21BrN2O3. The fourth-order valence-corrected chi connectivity index (χ4v) is 1.91. The molecule has 0 saturated carbocycles. The average Bonchev–Trinajstić information content (AvgIpc) is 2.37. The standard InChI is InChI=1S/C15H21BrN2O3/c1-15(2,3)14(20)17-8-7-13(19)18-11-9-10(16)5-6-12(11)21-4/h5-6,9H,7-8H2,1-4H3,(H,17,20)(H,18,19). The largest absolute Gasteiger partial charge is 0.495 e. The van der Waals surface area contributed by atoms with Crippen LogP contribution in [-0.2, 0) is 9.59 Å². The van der Waals surface area contributed by atoms with Crippen LogP contribution in [0, 0.1) is 5.41 Å². The van der Waals surface area contributed by atoms with Crippen molar-refractivity contribution in [1.82, 2.24) is 5.32 Å². The van der Waals surface area contributed by atoms with Crippen molar-refractivity contribution < 1.29 is 14.3 Å². The number of amides is 2. The molecule has 0 fully saturated rings. The van der Waals surface area contributed by atoms with Gasteiger partial charge in [-0.25, -0.2) is 0 Å². The van der Waals surface area contributed by atoms with Crippen LogP contribution < -0.4 is 15.4 Å². The lowest BCUT2D eigenvalue weighted by Crippen LogP contribution is -2.36. The van der Waals surface area contributed by atoms with Crippen molar-refractivity contribution in [3.8, 4) is 5.75 Å². The lowest BCUT2D eigenvalue weighted by atomic mass is 9.96. The molecular weight excluding hydrogens is 336 g/mol. The maximum atomic E-state index is 11.9. The Labute approximate surface area is 133 Å². The first-order chi connectivity index (χ1) is 9.74. The molecule has 0 aliphatic heterocycles. The van der Waals surface area contributed by atoms with Crippen LogP contribution >= 0.6 is 15.9 Å². The molecule has 1 aromatic rings. The molecule has 116 valence electrons. The lowest BCUT2D eigenvalue weighted by molar-refractivity contribution is -0.128. The number of halogens is 1. The predicted molar refractivity (Wildman–Crippen MR) is 86.4 cm³/mol. The molecule has 0 aromatic heterocycles. The molecule has 21 heavy (non-hydrogen) atoms. The van der Waals surface area contributed by atoms with Crippen LogP contribution in [0.2, 0.25) is 0 Å². The average molecular weight is 357 g/mol. The van der Waals surface area contributed by atoms with Gasteiger partial charge in [0.25, 0.3) is 0 Å². The minimum absolute atomic E-state index is 0.0738. The molecule has 0 spiro atoms. The van der Waals surface area contributed by atoms with Gasteiger partial charge in [0.05, 0.1) is 12.8 Å². The third kappa shape index (κ3) is 5.75. The van der Waals surface area contributed by atoms with Crippen molar-refractivity contribution in [3.05, 3.63) is 22.7 Å². The molecule has 0 atom stereocenters. The van der Waals surface area contributed by atoms with Crippen LogP contribution in [0.5, 0.6) is 5.75 Å². The number of ether oxygens (including phenoxy) is 1. The van der Waals surface area contributed by atoms with Gasteiger partial charge in [-0.2, -0.15) is 0 Å². The van der Waals surface area contributed by atoms with E-state index in [9.17, 15) is 9.59 Å². The van der Waals surface area contributed by atoms with Crippen LogP contribution in [0.25, 0.3) is 0 Å². The number of carbonyl (C=O) groups is 2. The summed E-state index contributed by atoms with van der Waals surface area (Å²) in [6, 6.07) is 5.36. The van der Waals surface area contributed by atoms with Crippen LogP contribution in [0.15, 0.2) is 22.7 Å². The molecule has 0 saturated heterocycles. The van der Waals surface area contributed by atoms with Gasteiger partial charge in [0.1, 0.15) is 5.75 Å². The van der Waals surface area contributed by atoms with Crippen molar-refractivity contribution in [2.45, 2.75) is 27.2 Å². The summed E-state index contributed by atoms with van der Waals surface area (Å²) in [5.74, 6) is 0.334. The van der Waals surface area contributed by atoms with Gasteiger partial charge < -0.3 is 15.4 Å². The summed E-state index contributed by atoms with van der Waals surface area (Å²) in [5, 5.41) is 5.51. The molecule has 1 rings (SSSR count). The van der Waals surface area contributed by atoms with Gasteiger partial charge >= 0.3 is 0 Å². The van der Waals surface area contributed by atoms with Crippen LogP contribution in [-0.4, -0.2) is 25.5 Å². The van der Waals surface area contributed by atoms with Crippen molar-refractivity contribution in [2.75, 3.05) is 19.0 Å². The quantitative estimate of drug-likeness (QED) is 0.852. The smallest absolute Gasteiger partial charge is 0.226 e. The van der Waals surface area contributed by atoms with Gasteiger partial charge in [-0.3, -0.25) is 9.59 Å². The predicted octanol–water partition coefficient (Wildman–Crippen LogP) is 2.95. The molecule has 0 heterocycles. The highest BCUT2D eigenvalue weighted by Crippen LogP contribution is 2.27. The van der Waals surface area contributed by atoms with Gasteiger partial charge in [-0.15, -0.1) is 0 Å². The number of hydrogen-bond acceptors (Lipinski definition) is 3. The van der Waals surface area contributed by atoms with Crippen molar-refractivity contribution >= 4 is 33.4 Å². The number of hydrogen-bond donors (Lipinski definition) is 2. The summed E-state index contributed by atoms with van der Waals surface area (Å²) in [6.07, 6.45) is 0.206. The van der Waals surface area contributed by atoms with E-state index in [2.05, 4.69) is 26.6 Å². The highest BCUT2D eigenvalue weighted by molar-refractivity contribution is 9.10. The number of anilines is 1. The molecule has 6 heteroatoms. The normalized spacial score (nSPS) is 10.9. The van der Waals surface area contributed by atoms with Crippen LogP contribution in [0.4, 0.5) is 5.69 Å². The molecule has 0 radical (unpaired) electrons. The van der Waals surface area contributed by atoms with E-state index in [1.54, 1.807) is 19.2 Å². The van der Waals surface area contributed by atoms with Gasteiger partial charge in [-0.05, 0) is 18.2 Å². The summed E-state index contributed by atoms with van der Waals surface area (Å²) >= 11 is 3.35. The van der Waals surface area contributed by atoms with E-state index in [4.69, 9.17) is 4.74 Å². The van der Waals surface area contributed by atoms with Gasteiger partial charge in [-0.1, -0.05) is 36.7 Å². The third-order valence-electron chi connectivity index (χ3n) is 2.75. The van der Waals surface area contributed by atoms with E-state index < -0.39 is 5.41 Å². The monoisotopic (exact) mass is 356 g/mol. The first kappa shape index (κ1) is 17.5. The Balaban J connectivity index is 2.51. The first-order valence-corrected chi connectivity index (χ1v) is 7.45. The van der Waals surface area contributed by atoms with E-state index in [-0.39, 0.29) is 18.2 Å². The number of carbonyl (C=O) groups excluding carboxylic acids is 2. The molecule has 0 aliphatic rings. The van der Waals surface area contributed by atoms with Crippen LogP contribution in [0.3, 0.4) is 0 Å². The van der Waals surface area contributed by atoms with Crippen molar-refractivity contribution in [3.63, 3.8) is 0 Å². The Kier molecular flexibility index (Phi) is 6.20. The van der Waals surface area contributed by atoms with Gasteiger partial charge in [0.2, 0.25) is 11.8 Å². The maximum absolute atomic E-state index is 11.9. The zero-order valence-electron chi connectivity index (χ0n) is 12.7. The fourth-order valence-electron chi connectivity index (χ4n) is 1.55. The minimum atomic E-state index is -0.454. The lowest BCUT2D eigenvalue weighted by Gasteiger charge is -2.17. The maximum Gasteiger partial charge on any atom is 0.226 e. The van der Waals surface area contributed by atoms with E-state index in [0.29, 0.717) is 18.0 Å². The molecule has 2 amide bonds. The summed E-state index contributed by atoms with van der Waals surface area (Å²) in [6.45, 7) is 5.79. The Morgan fingerprint density at radius 2 is 1.95 bits per heavy atom. The zero-order chi connectivity index (χ0) is 16.0. The van der Waals surface area contributed by atoms with E-state index >= 15 is 0 Å². The summed E-state index contributed by atoms with van der Waals surface area (Å²) in [4.78, 5) is 23.6. The topological polar surface area (TPSA) is 67.4 Å². The zero-order valence-corrected chi connectivity index (χ0v) is 14.3. The molecule has 0 aliphatic carbocycles.